The largest absolute Gasteiger partial charge is 0.380 e. The van der Waals surface area contributed by atoms with E-state index in [1.807, 2.05) is 6.07 Å². The Kier molecular flexibility index (Phi) is 3.03. The van der Waals surface area contributed by atoms with E-state index in [-0.39, 0.29) is 11.2 Å². The molecule has 0 radical (unpaired) electrons. The van der Waals surface area contributed by atoms with Crippen LogP contribution in [-0.2, 0) is 10.2 Å². The normalized spacial score (nSPS) is 25.7. The Labute approximate surface area is 89.2 Å². The van der Waals surface area contributed by atoms with Gasteiger partial charge in [-0.3, -0.25) is 0 Å². The number of rotatable bonds is 3. The van der Waals surface area contributed by atoms with Crippen molar-refractivity contribution < 1.29 is 9.13 Å². The molecular formula is C12H16FNO. The van der Waals surface area contributed by atoms with Crippen LogP contribution in [0.4, 0.5) is 4.39 Å². The van der Waals surface area contributed by atoms with Crippen molar-refractivity contribution in [3.05, 3.63) is 35.6 Å². The fourth-order valence-corrected chi connectivity index (χ4v) is 2.27. The lowest BCUT2D eigenvalue weighted by atomic mass is 9.77. The van der Waals surface area contributed by atoms with Gasteiger partial charge in [-0.05, 0) is 37.1 Å². The van der Waals surface area contributed by atoms with Gasteiger partial charge in [-0.1, -0.05) is 12.1 Å². The first-order valence-electron chi connectivity index (χ1n) is 5.31. The fraction of sp³-hybridized carbons (Fsp3) is 0.500. The fourth-order valence-electron chi connectivity index (χ4n) is 2.27. The first-order chi connectivity index (χ1) is 7.27. The van der Waals surface area contributed by atoms with Gasteiger partial charge in [-0.25, -0.2) is 4.39 Å². The lowest BCUT2D eigenvalue weighted by Crippen LogP contribution is -2.29. The summed E-state index contributed by atoms with van der Waals surface area (Å²) in [6.07, 6.45) is 1.80. The second kappa shape index (κ2) is 4.29. The molecule has 1 aliphatic heterocycles. The van der Waals surface area contributed by atoms with Crippen LogP contribution < -0.4 is 5.73 Å². The van der Waals surface area contributed by atoms with Crippen molar-refractivity contribution in [1.29, 1.82) is 0 Å². The van der Waals surface area contributed by atoms with Gasteiger partial charge < -0.3 is 10.5 Å². The molecule has 2 nitrogen and oxygen atoms in total. The van der Waals surface area contributed by atoms with Gasteiger partial charge in [0.05, 0.1) is 6.61 Å². The maximum Gasteiger partial charge on any atom is 0.123 e. The van der Waals surface area contributed by atoms with E-state index in [9.17, 15) is 4.39 Å². The Morgan fingerprint density at radius 2 is 2.33 bits per heavy atom. The first kappa shape index (κ1) is 10.6. The highest BCUT2D eigenvalue weighted by Crippen LogP contribution is 2.36. The van der Waals surface area contributed by atoms with Gasteiger partial charge in [0.2, 0.25) is 0 Å². The molecule has 0 bridgehead atoms. The van der Waals surface area contributed by atoms with E-state index < -0.39 is 0 Å². The number of benzene rings is 1. The molecule has 0 amide bonds. The third kappa shape index (κ3) is 2.03. The summed E-state index contributed by atoms with van der Waals surface area (Å²) < 4.78 is 18.6. The topological polar surface area (TPSA) is 35.2 Å². The highest BCUT2D eigenvalue weighted by atomic mass is 19.1. The molecule has 0 aromatic heterocycles. The van der Waals surface area contributed by atoms with Crippen LogP contribution in [0.15, 0.2) is 24.3 Å². The zero-order valence-electron chi connectivity index (χ0n) is 8.71. The summed E-state index contributed by atoms with van der Waals surface area (Å²) in [7, 11) is 0. The first-order valence-corrected chi connectivity index (χ1v) is 5.31. The lowest BCUT2D eigenvalue weighted by Gasteiger charge is -2.27. The third-order valence-corrected chi connectivity index (χ3v) is 3.16. The Morgan fingerprint density at radius 1 is 1.47 bits per heavy atom. The van der Waals surface area contributed by atoms with Crippen LogP contribution in [0.5, 0.6) is 0 Å². The summed E-state index contributed by atoms with van der Waals surface area (Å²) in [5.74, 6) is -0.184. The maximum atomic E-state index is 13.2. The smallest absolute Gasteiger partial charge is 0.123 e. The molecule has 1 atom stereocenters. The molecule has 2 rings (SSSR count). The zero-order valence-corrected chi connectivity index (χ0v) is 8.71. The Morgan fingerprint density at radius 3 is 2.93 bits per heavy atom. The summed E-state index contributed by atoms with van der Waals surface area (Å²) in [6, 6.07) is 6.79. The van der Waals surface area contributed by atoms with E-state index >= 15 is 0 Å². The minimum atomic E-state index is -0.184. The van der Waals surface area contributed by atoms with Crippen molar-refractivity contribution in [2.45, 2.75) is 18.3 Å². The summed E-state index contributed by atoms with van der Waals surface area (Å²) in [5, 5.41) is 0. The summed E-state index contributed by atoms with van der Waals surface area (Å²) in [5.41, 5.74) is 6.58. The van der Waals surface area contributed by atoms with E-state index in [1.54, 1.807) is 12.1 Å². The molecule has 15 heavy (non-hydrogen) atoms. The molecule has 0 spiro atoms. The average Bonchev–Trinajstić information content (AvgIpc) is 2.68. The molecular weight excluding hydrogens is 193 g/mol. The van der Waals surface area contributed by atoms with Crippen LogP contribution >= 0.6 is 0 Å². The van der Waals surface area contributed by atoms with Crippen molar-refractivity contribution in [2.75, 3.05) is 19.8 Å². The highest BCUT2D eigenvalue weighted by Gasteiger charge is 2.35. The van der Waals surface area contributed by atoms with Crippen LogP contribution in [0.3, 0.4) is 0 Å². The Bertz CT molecular complexity index is 334. The Balaban J connectivity index is 2.31. The zero-order chi connectivity index (χ0) is 10.7. The van der Waals surface area contributed by atoms with Gasteiger partial charge in [0.1, 0.15) is 5.82 Å². The molecule has 1 heterocycles. The van der Waals surface area contributed by atoms with Gasteiger partial charge in [0.25, 0.3) is 0 Å². The van der Waals surface area contributed by atoms with Gasteiger partial charge in [0.15, 0.2) is 0 Å². The van der Waals surface area contributed by atoms with Crippen molar-refractivity contribution in [3.63, 3.8) is 0 Å². The molecule has 3 heteroatoms. The number of halogens is 1. The quantitative estimate of drug-likeness (QED) is 0.824. The number of nitrogens with two attached hydrogens (primary N) is 1. The van der Waals surface area contributed by atoms with E-state index in [2.05, 4.69) is 0 Å². The Hall–Kier alpha value is -0.930. The van der Waals surface area contributed by atoms with Gasteiger partial charge in [0, 0.05) is 12.0 Å². The van der Waals surface area contributed by atoms with Crippen LogP contribution in [0.25, 0.3) is 0 Å². The predicted molar refractivity (Wildman–Crippen MR) is 57.2 cm³/mol. The average molecular weight is 209 g/mol. The van der Waals surface area contributed by atoms with E-state index in [1.165, 1.54) is 6.07 Å². The van der Waals surface area contributed by atoms with Gasteiger partial charge >= 0.3 is 0 Å². The SMILES string of the molecule is NCCC1(c2cccc(F)c2)CCOC1. The standard InChI is InChI=1S/C12H16FNO/c13-11-3-1-2-10(8-11)12(4-6-14)5-7-15-9-12/h1-3,8H,4-7,9,14H2. The monoisotopic (exact) mass is 209 g/mol. The highest BCUT2D eigenvalue weighted by molar-refractivity contribution is 5.27. The van der Waals surface area contributed by atoms with Gasteiger partial charge in [-0.2, -0.15) is 0 Å². The maximum absolute atomic E-state index is 13.2. The molecule has 1 aromatic carbocycles. The van der Waals surface area contributed by atoms with Crippen molar-refractivity contribution in [3.8, 4) is 0 Å². The summed E-state index contributed by atoms with van der Waals surface area (Å²) >= 11 is 0. The third-order valence-electron chi connectivity index (χ3n) is 3.16. The number of hydrogen-bond acceptors (Lipinski definition) is 2. The molecule has 2 N–H and O–H groups in total. The molecule has 1 saturated heterocycles. The summed E-state index contributed by atoms with van der Waals surface area (Å²) in [6.45, 7) is 2.02. The van der Waals surface area contributed by atoms with E-state index in [4.69, 9.17) is 10.5 Å². The molecule has 0 aliphatic carbocycles. The molecule has 1 unspecified atom stereocenters. The van der Waals surface area contributed by atoms with Crippen molar-refractivity contribution in [2.24, 2.45) is 5.73 Å². The second-order valence-corrected chi connectivity index (χ2v) is 4.13. The summed E-state index contributed by atoms with van der Waals surface area (Å²) in [4.78, 5) is 0. The number of ether oxygens (including phenoxy) is 1. The van der Waals surface area contributed by atoms with E-state index in [0.717, 1.165) is 25.0 Å². The minimum Gasteiger partial charge on any atom is -0.380 e. The minimum absolute atomic E-state index is 0.0587. The van der Waals surface area contributed by atoms with Crippen molar-refractivity contribution in [1.82, 2.24) is 0 Å². The molecule has 1 aliphatic rings. The predicted octanol–water partition coefficient (Wildman–Crippen LogP) is 1.83. The number of hydrogen-bond donors (Lipinski definition) is 1. The molecule has 1 aromatic rings. The molecule has 1 fully saturated rings. The van der Waals surface area contributed by atoms with Crippen LogP contribution in [0, 0.1) is 5.82 Å². The van der Waals surface area contributed by atoms with Crippen molar-refractivity contribution >= 4 is 0 Å². The second-order valence-electron chi connectivity index (χ2n) is 4.13. The molecule has 0 saturated carbocycles. The van der Waals surface area contributed by atoms with Gasteiger partial charge in [-0.15, -0.1) is 0 Å². The van der Waals surface area contributed by atoms with Crippen LogP contribution in [0.2, 0.25) is 0 Å². The van der Waals surface area contributed by atoms with E-state index in [0.29, 0.717) is 13.2 Å². The molecule has 82 valence electrons. The lowest BCUT2D eigenvalue weighted by molar-refractivity contribution is 0.175. The van der Waals surface area contributed by atoms with Crippen LogP contribution in [0.1, 0.15) is 18.4 Å². The van der Waals surface area contributed by atoms with Crippen LogP contribution in [-0.4, -0.2) is 19.8 Å².